The van der Waals surface area contributed by atoms with Crippen molar-refractivity contribution in [3.8, 4) is 0 Å². The van der Waals surface area contributed by atoms with Crippen LogP contribution < -0.4 is 0 Å². The van der Waals surface area contributed by atoms with Crippen molar-refractivity contribution < 1.29 is 8.78 Å². The Morgan fingerprint density at radius 2 is 1.39 bits per heavy atom. The lowest BCUT2D eigenvalue weighted by atomic mass is 9.69. The van der Waals surface area contributed by atoms with Crippen molar-refractivity contribution in [2.45, 2.75) is 69.2 Å². The summed E-state index contributed by atoms with van der Waals surface area (Å²) in [5.41, 5.74) is 1.32. The van der Waals surface area contributed by atoms with Gasteiger partial charge in [0.05, 0.1) is 0 Å². The number of hydrogen-bond donors (Lipinski definition) is 0. The van der Waals surface area contributed by atoms with Crippen LogP contribution in [0.1, 0.15) is 67.2 Å². The van der Waals surface area contributed by atoms with E-state index in [2.05, 4.69) is 36.2 Å². The first-order valence-corrected chi connectivity index (χ1v) is 10.7. The average molecular weight is 384 g/mol. The maximum absolute atomic E-state index is 15.3. The fourth-order valence-electron chi connectivity index (χ4n) is 4.71. The van der Waals surface area contributed by atoms with Crippen LogP contribution in [0.4, 0.5) is 8.78 Å². The van der Waals surface area contributed by atoms with Gasteiger partial charge in [0.15, 0.2) is 0 Å². The molecule has 0 atom stereocenters. The van der Waals surface area contributed by atoms with Gasteiger partial charge in [-0.3, -0.25) is 0 Å². The molecule has 0 heterocycles. The van der Waals surface area contributed by atoms with E-state index in [9.17, 15) is 0 Å². The first-order chi connectivity index (χ1) is 13.5. The second-order valence-corrected chi connectivity index (χ2v) is 8.80. The van der Waals surface area contributed by atoms with E-state index >= 15 is 8.78 Å². The van der Waals surface area contributed by atoms with Crippen molar-refractivity contribution in [3.63, 3.8) is 0 Å². The third-order valence-electron chi connectivity index (χ3n) is 6.70. The smallest absolute Gasteiger partial charge is 0.136 e. The monoisotopic (exact) mass is 383 g/mol. The first-order valence-electron chi connectivity index (χ1n) is 10.7. The van der Waals surface area contributed by atoms with E-state index in [1.165, 1.54) is 5.56 Å². The minimum Gasteiger partial charge on any atom is -0.302 e. The molecule has 0 spiro atoms. The third-order valence-corrected chi connectivity index (χ3v) is 6.70. The lowest BCUT2D eigenvalue weighted by molar-refractivity contribution is 0.0513. The van der Waals surface area contributed by atoms with Gasteiger partial charge >= 0.3 is 0 Å². The molecular weight excluding hydrogens is 352 g/mol. The van der Waals surface area contributed by atoms with Crippen molar-refractivity contribution in [2.75, 3.05) is 13.6 Å². The zero-order valence-corrected chi connectivity index (χ0v) is 16.9. The molecule has 2 saturated carbocycles. The Kier molecular flexibility index (Phi) is 5.55. The van der Waals surface area contributed by atoms with Crippen molar-refractivity contribution >= 4 is 0 Å². The lowest BCUT2D eigenvalue weighted by Crippen LogP contribution is -2.34. The maximum Gasteiger partial charge on any atom is 0.136 e. The fraction of sp³-hybridized carbons (Fsp3) is 0.520. The predicted molar refractivity (Wildman–Crippen MR) is 111 cm³/mol. The minimum absolute atomic E-state index is 0.580. The summed E-state index contributed by atoms with van der Waals surface area (Å²) in [5.74, 6) is 0. The van der Waals surface area contributed by atoms with Gasteiger partial charge in [-0.25, -0.2) is 8.78 Å². The number of benzene rings is 2. The number of rotatable bonds is 8. The number of hydrogen-bond acceptors (Lipinski definition) is 1. The van der Waals surface area contributed by atoms with Crippen LogP contribution in [0.2, 0.25) is 0 Å². The van der Waals surface area contributed by atoms with Gasteiger partial charge in [-0.15, -0.1) is 0 Å². The molecule has 0 N–H and O–H groups in total. The van der Waals surface area contributed by atoms with E-state index in [-0.39, 0.29) is 0 Å². The molecule has 0 saturated heterocycles. The van der Waals surface area contributed by atoms with E-state index in [1.807, 2.05) is 24.3 Å². The summed E-state index contributed by atoms with van der Waals surface area (Å²) in [4.78, 5) is 2.29. The highest BCUT2D eigenvalue weighted by Gasteiger charge is 2.45. The van der Waals surface area contributed by atoms with Gasteiger partial charge in [-0.05, 0) is 87.2 Å². The average Bonchev–Trinajstić information content (AvgIpc) is 2.65. The molecule has 2 aromatic carbocycles. The number of nitrogens with zero attached hydrogens (tertiary/aromatic N) is 1. The van der Waals surface area contributed by atoms with E-state index in [0.717, 1.165) is 55.5 Å². The van der Waals surface area contributed by atoms with E-state index < -0.39 is 11.3 Å². The van der Waals surface area contributed by atoms with Crippen molar-refractivity contribution in [2.24, 2.45) is 0 Å². The maximum atomic E-state index is 15.3. The Balaban J connectivity index is 1.48. The minimum atomic E-state index is -1.23. The molecule has 0 radical (unpaired) electrons. The van der Waals surface area contributed by atoms with Crippen molar-refractivity contribution in [1.29, 1.82) is 0 Å². The van der Waals surface area contributed by atoms with Crippen LogP contribution in [-0.2, 0) is 24.3 Å². The number of alkyl halides is 2. The molecule has 4 rings (SSSR count). The Bertz CT molecular complexity index is 755. The Morgan fingerprint density at radius 3 is 1.89 bits per heavy atom. The van der Waals surface area contributed by atoms with Gasteiger partial charge in [0, 0.05) is 6.54 Å². The molecular formula is C25H31F2N. The highest BCUT2D eigenvalue weighted by atomic mass is 19.1. The summed E-state index contributed by atoms with van der Waals surface area (Å²) in [6.45, 7) is 1.82. The molecule has 3 heteroatoms. The molecule has 150 valence electrons. The SMILES string of the molecule is CN(CCCc1c(C2(F)CCC2)cccc1C1(F)CCC1)Cc1ccccc1. The van der Waals surface area contributed by atoms with Gasteiger partial charge < -0.3 is 4.90 Å². The number of halogens is 2. The molecule has 2 fully saturated rings. The van der Waals surface area contributed by atoms with Crippen LogP contribution in [0.25, 0.3) is 0 Å². The van der Waals surface area contributed by atoms with Gasteiger partial charge in [0.25, 0.3) is 0 Å². The molecule has 0 aliphatic heterocycles. The fourth-order valence-corrected chi connectivity index (χ4v) is 4.71. The van der Waals surface area contributed by atoms with Gasteiger partial charge in [0.1, 0.15) is 11.3 Å². The zero-order valence-electron chi connectivity index (χ0n) is 16.9. The molecule has 28 heavy (non-hydrogen) atoms. The molecule has 2 aromatic rings. The highest BCUT2D eigenvalue weighted by Crippen LogP contribution is 2.51. The van der Waals surface area contributed by atoms with E-state index in [1.54, 1.807) is 0 Å². The van der Waals surface area contributed by atoms with Gasteiger partial charge in [0.2, 0.25) is 0 Å². The molecule has 0 amide bonds. The van der Waals surface area contributed by atoms with Crippen molar-refractivity contribution in [1.82, 2.24) is 4.90 Å². The Morgan fingerprint density at radius 1 is 0.821 bits per heavy atom. The Labute approximate surface area is 167 Å². The summed E-state index contributed by atoms with van der Waals surface area (Å²) in [7, 11) is 2.12. The quantitative estimate of drug-likeness (QED) is 0.506. The van der Waals surface area contributed by atoms with Crippen LogP contribution in [0, 0.1) is 0 Å². The standard InChI is InChI=1S/C25H31F2N/c1-28(19-20-9-3-2-4-10-20)18-6-11-21-22(24(26)14-7-15-24)12-5-13-23(21)25(27)16-8-17-25/h2-5,9-10,12-13H,6-8,11,14-19H2,1H3. The summed E-state index contributed by atoms with van der Waals surface area (Å²) < 4.78 is 30.7. The second-order valence-electron chi connectivity index (χ2n) is 8.80. The molecule has 0 unspecified atom stereocenters. The zero-order chi connectivity index (χ0) is 19.6. The molecule has 2 aliphatic rings. The predicted octanol–water partition coefficient (Wildman–Crippen LogP) is 6.45. The Hall–Kier alpha value is -1.74. The normalized spacial score (nSPS) is 19.9. The van der Waals surface area contributed by atoms with Crippen LogP contribution in [0.15, 0.2) is 48.5 Å². The topological polar surface area (TPSA) is 3.24 Å². The van der Waals surface area contributed by atoms with E-state index in [4.69, 9.17) is 0 Å². The summed E-state index contributed by atoms with van der Waals surface area (Å²) >= 11 is 0. The summed E-state index contributed by atoms with van der Waals surface area (Å²) in [6.07, 6.45) is 5.85. The van der Waals surface area contributed by atoms with Crippen LogP contribution in [0.5, 0.6) is 0 Å². The summed E-state index contributed by atoms with van der Waals surface area (Å²) in [5, 5.41) is 0. The van der Waals surface area contributed by atoms with Crippen LogP contribution >= 0.6 is 0 Å². The highest BCUT2D eigenvalue weighted by molar-refractivity contribution is 5.44. The molecule has 0 bridgehead atoms. The second kappa shape index (κ2) is 7.94. The molecule has 0 aromatic heterocycles. The first kappa shape index (κ1) is 19.6. The van der Waals surface area contributed by atoms with Gasteiger partial charge in [-0.1, -0.05) is 48.5 Å². The summed E-state index contributed by atoms with van der Waals surface area (Å²) in [6, 6.07) is 16.1. The molecule has 2 aliphatic carbocycles. The largest absolute Gasteiger partial charge is 0.302 e. The van der Waals surface area contributed by atoms with E-state index in [0.29, 0.717) is 25.7 Å². The lowest BCUT2D eigenvalue weighted by Gasteiger charge is -2.40. The van der Waals surface area contributed by atoms with Crippen LogP contribution in [0.3, 0.4) is 0 Å². The molecule has 1 nitrogen and oxygen atoms in total. The van der Waals surface area contributed by atoms with Crippen molar-refractivity contribution in [3.05, 3.63) is 70.8 Å². The van der Waals surface area contributed by atoms with Gasteiger partial charge in [-0.2, -0.15) is 0 Å². The third kappa shape index (κ3) is 3.87. The van der Waals surface area contributed by atoms with Crippen LogP contribution in [-0.4, -0.2) is 18.5 Å².